The molecule has 0 saturated heterocycles. The van der Waals surface area contributed by atoms with E-state index in [9.17, 15) is 4.79 Å². The summed E-state index contributed by atoms with van der Waals surface area (Å²) in [5.74, 6) is 0.139. The Morgan fingerprint density at radius 1 is 1.35 bits per heavy atom. The summed E-state index contributed by atoms with van der Waals surface area (Å²) in [7, 11) is 0. The van der Waals surface area contributed by atoms with Crippen molar-refractivity contribution in [1.82, 2.24) is 10.6 Å². The molecule has 1 atom stereocenters. The first-order valence-electron chi connectivity index (χ1n) is 7.08. The van der Waals surface area contributed by atoms with Gasteiger partial charge in [-0.3, -0.25) is 4.79 Å². The van der Waals surface area contributed by atoms with Crippen LogP contribution in [0.3, 0.4) is 0 Å². The smallest absolute Gasteiger partial charge is 0.236 e. The highest BCUT2D eigenvalue weighted by molar-refractivity contribution is 5.81. The minimum Gasteiger partial charge on any atom is -0.355 e. The van der Waals surface area contributed by atoms with Gasteiger partial charge >= 0.3 is 0 Å². The Morgan fingerprint density at radius 2 is 2.00 bits per heavy atom. The van der Waals surface area contributed by atoms with Crippen LogP contribution in [0, 0.1) is 5.41 Å². The predicted molar refractivity (Wildman–Crippen MR) is 72.0 cm³/mol. The topological polar surface area (TPSA) is 41.1 Å². The Labute approximate surface area is 106 Å². The summed E-state index contributed by atoms with van der Waals surface area (Å²) in [6.45, 7) is 8.19. The molecule has 3 nitrogen and oxygen atoms in total. The van der Waals surface area contributed by atoms with Crippen LogP contribution in [0.1, 0.15) is 59.3 Å². The average molecular weight is 240 g/mol. The molecular weight excluding hydrogens is 212 g/mol. The van der Waals surface area contributed by atoms with Gasteiger partial charge in [0, 0.05) is 13.1 Å². The minimum atomic E-state index is -0.0655. The van der Waals surface area contributed by atoms with Crippen LogP contribution in [-0.4, -0.2) is 25.0 Å². The molecule has 17 heavy (non-hydrogen) atoms. The van der Waals surface area contributed by atoms with Crippen molar-refractivity contribution in [1.29, 1.82) is 0 Å². The summed E-state index contributed by atoms with van der Waals surface area (Å²) < 4.78 is 0. The van der Waals surface area contributed by atoms with Crippen molar-refractivity contribution >= 4 is 5.91 Å². The fraction of sp³-hybridized carbons (Fsp3) is 0.929. The summed E-state index contributed by atoms with van der Waals surface area (Å²) in [4.78, 5) is 11.8. The third kappa shape index (κ3) is 5.07. The number of hydrogen-bond donors (Lipinski definition) is 2. The number of carbonyl (C=O) groups is 1. The predicted octanol–water partition coefficient (Wildman–Crippen LogP) is 2.46. The van der Waals surface area contributed by atoms with Crippen molar-refractivity contribution in [3.63, 3.8) is 0 Å². The molecule has 1 amide bonds. The van der Waals surface area contributed by atoms with Crippen LogP contribution in [0.4, 0.5) is 0 Å². The lowest BCUT2D eigenvalue weighted by Gasteiger charge is -2.26. The zero-order valence-electron chi connectivity index (χ0n) is 11.6. The van der Waals surface area contributed by atoms with Crippen LogP contribution < -0.4 is 10.6 Å². The largest absolute Gasteiger partial charge is 0.355 e. The Hall–Kier alpha value is -0.570. The van der Waals surface area contributed by atoms with Crippen molar-refractivity contribution in [2.45, 2.75) is 65.3 Å². The molecule has 0 bridgehead atoms. The van der Waals surface area contributed by atoms with Crippen LogP contribution in [0.2, 0.25) is 0 Å². The second-order valence-electron chi connectivity index (χ2n) is 5.76. The van der Waals surface area contributed by atoms with Gasteiger partial charge in [-0.1, -0.05) is 33.1 Å². The number of carbonyl (C=O) groups excluding carboxylic acids is 1. The lowest BCUT2D eigenvalue weighted by Crippen LogP contribution is -2.45. The molecule has 0 heterocycles. The maximum absolute atomic E-state index is 11.8. The van der Waals surface area contributed by atoms with Gasteiger partial charge in [0.15, 0.2) is 0 Å². The second-order valence-corrected chi connectivity index (χ2v) is 5.76. The highest BCUT2D eigenvalue weighted by Gasteiger charge is 2.29. The summed E-state index contributed by atoms with van der Waals surface area (Å²) in [6.07, 6.45) is 7.47. The molecule has 1 unspecified atom stereocenters. The Kier molecular flexibility index (Phi) is 5.96. The van der Waals surface area contributed by atoms with E-state index in [1.54, 1.807) is 0 Å². The first kappa shape index (κ1) is 14.5. The summed E-state index contributed by atoms with van der Waals surface area (Å²) in [6, 6.07) is -0.0655. The molecule has 0 spiro atoms. The first-order chi connectivity index (χ1) is 8.07. The molecule has 0 aromatic heterocycles. The first-order valence-corrected chi connectivity index (χ1v) is 7.08. The summed E-state index contributed by atoms with van der Waals surface area (Å²) in [5.41, 5.74) is 0.415. The fourth-order valence-electron chi connectivity index (χ4n) is 2.44. The van der Waals surface area contributed by atoms with Gasteiger partial charge < -0.3 is 10.6 Å². The van der Waals surface area contributed by atoms with E-state index in [1.165, 1.54) is 25.7 Å². The summed E-state index contributed by atoms with van der Waals surface area (Å²) in [5, 5.41) is 6.35. The summed E-state index contributed by atoms with van der Waals surface area (Å²) >= 11 is 0. The molecule has 1 fully saturated rings. The third-order valence-electron chi connectivity index (χ3n) is 3.87. The number of amides is 1. The molecular formula is C14H28N2O. The fourth-order valence-corrected chi connectivity index (χ4v) is 2.44. The van der Waals surface area contributed by atoms with Crippen molar-refractivity contribution in [3.8, 4) is 0 Å². The van der Waals surface area contributed by atoms with Gasteiger partial charge in [0.1, 0.15) is 0 Å². The van der Waals surface area contributed by atoms with Crippen LogP contribution in [0.25, 0.3) is 0 Å². The number of unbranched alkanes of at least 4 members (excludes halogenated alkanes) is 1. The van der Waals surface area contributed by atoms with Crippen LogP contribution in [-0.2, 0) is 4.79 Å². The highest BCUT2D eigenvalue weighted by atomic mass is 16.2. The van der Waals surface area contributed by atoms with E-state index in [4.69, 9.17) is 0 Å². The van der Waals surface area contributed by atoms with E-state index in [0.717, 1.165) is 25.9 Å². The average Bonchev–Trinajstić information content (AvgIpc) is 2.74. The van der Waals surface area contributed by atoms with Crippen LogP contribution >= 0.6 is 0 Å². The molecule has 0 aliphatic heterocycles. The van der Waals surface area contributed by atoms with Crippen LogP contribution in [0.5, 0.6) is 0 Å². The molecule has 1 saturated carbocycles. The van der Waals surface area contributed by atoms with E-state index in [0.29, 0.717) is 5.41 Å². The standard InChI is InChI=1S/C14H28N2O/c1-4-5-10-15-13(17)12(2)16-11-14(3)8-6-7-9-14/h12,16H,4-11H2,1-3H3,(H,15,17). The number of nitrogens with one attached hydrogen (secondary N) is 2. The molecule has 0 aromatic rings. The van der Waals surface area contributed by atoms with E-state index in [-0.39, 0.29) is 11.9 Å². The van der Waals surface area contributed by atoms with E-state index >= 15 is 0 Å². The lowest BCUT2D eigenvalue weighted by atomic mass is 9.88. The van der Waals surface area contributed by atoms with Crippen molar-refractivity contribution < 1.29 is 4.79 Å². The number of rotatable bonds is 7. The minimum absolute atomic E-state index is 0.0655. The molecule has 0 aromatic carbocycles. The van der Waals surface area contributed by atoms with E-state index in [1.807, 2.05) is 6.92 Å². The van der Waals surface area contributed by atoms with Gasteiger partial charge in [-0.05, 0) is 31.6 Å². The molecule has 3 heteroatoms. The molecule has 100 valence electrons. The third-order valence-corrected chi connectivity index (χ3v) is 3.87. The second kappa shape index (κ2) is 7.00. The van der Waals surface area contributed by atoms with Gasteiger partial charge in [0.2, 0.25) is 5.91 Å². The van der Waals surface area contributed by atoms with Crippen LogP contribution in [0.15, 0.2) is 0 Å². The van der Waals surface area contributed by atoms with Crippen molar-refractivity contribution in [2.75, 3.05) is 13.1 Å². The highest BCUT2D eigenvalue weighted by Crippen LogP contribution is 2.36. The monoisotopic (exact) mass is 240 g/mol. The normalized spacial score (nSPS) is 20.2. The molecule has 0 radical (unpaired) electrons. The molecule has 2 N–H and O–H groups in total. The van der Waals surface area contributed by atoms with Gasteiger partial charge in [-0.25, -0.2) is 0 Å². The SMILES string of the molecule is CCCCNC(=O)C(C)NCC1(C)CCCC1. The zero-order chi connectivity index (χ0) is 12.7. The quantitative estimate of drug-likeness (QED) is 0.671. The molecule has 1 rings (SSSR count). The maximum Gasteiger partial charge on any atom is 0.236 e. The van der Waals surface area contributed by atoms with Crippen molar-refractivity contribution in [2.24, 2.45) is 5.41 Å². The molecule has 1 aliphatic rings. The maximum atomic E-state index is 11.8. The van der Waals surface area contributed by atoms with Gasteiger partial charge in [-0.2, -0.15) is 0 Å². The van der Waals surface area contributed by atoms with Gasteiger partial charge in [-0.15, -0.1) is 0 Å². The number of hydrogen-bond acceptors (Lipinski definition) is 2. The Bertz CT molecular complexity index is 234. The Balaban J connectivity index is 2.19. The lowest BCUT2D eigenvalue weighted by molar-refractivity contribution is -0.122. The zero-order valence-corrected chi connectivity index (χ0v) is 11.6. The van der Waals surface area contributed by atoms with E-state index < -0.39 is 0 Å². The van der Waals surface area contributed by atoms with Gasteiger partial charge in [0.05, 0.1) is 6.04 Å². The van der Waals surface area contributed by atoms with E-state index in [2.05, 4.69) is 24.5 Å². The Morgan fingerprint density at radius 3 is 2.59 bits per heavy atom. The van der Waals surface area contributed by atoms with Crippen molar-refractivity contribution in [3.05, 3.63) is 0 Å². The van der Waals surface area contributed by atoms with Gasteiger partial charge in [0.25, 0.3) is 0 Å². The molecule has 1 aliphatic carbocycles.